The summed E-state index contributed by atoms with van der Waals surface area (Å²) in [5, 5.41) is 17.5. The molecule has 1 aromatic heterocycles. The summed E-state index contributed by atoms with van der Waals surface area (Å²) in [6.45, 7) is 15.0. The summed E-state index contributed by atoms with van der Waals surface area (Å²) < 4.78 is 1.68. The van der Waals surface area contributed by atoms with E-state index in [9.17, 15) is 0 Å². The van der Waals surface area contributed by atoms with Crippen LogP contribution in [0.15, 0.2) is 78.3 Å². The van der Waals surface area contributed by atoms with Crippen molar-refractivity contribution in [2.24, 2.45) is 4.99 Å². The van der Waals surface area contributed by atoms with E-state index in [2.05, 4.69) is 49.4 Å². The minimum absolute atomic E-state index is 0.442. The second kappa shape index (κ2) is 12.8. The Kier molecular flexibility index (Phi) is 10.4. The summed E-state index contributed by atoms with van der Waals surface area (Å²) in [5.41, 5.74) is 6.90. The van der Waals surface area contributed by atoms with Gasteiger partial charge in [0.05, 0.1) is 11.4 Å². The van der Waals surface area contributed by atoms with Gasteiger partial charge in [0.2, 0.25) is 0 Å². The highest BCUT2D eigenvalue weighted by molar-refractivity contribution is 5.94. The predicted octanol–water partition coefficient (Wildman–Crippen LogP) is 5.90. The molecule has 2 aromatic carbocycles. The summed E-state index contributed by atoms with van der Waals surface area (Å²) in [5.74, 6) is 0. The lowest BCUT2D eigenvalue weighted by Gasteiger charge is -2.05. The van der Waals surface area contributed by atoms with Crippen LogP contribution in [0.4, 0.5) is 5.69 Å². The molecule has 0 radical (unpaired) electrons. The normalized spacial score (nSPS) is 10.2. The van der Waals surface area contributed by atoms with E-state index in [0.29, 0.717) is 5.49 Å². The minimum atomic E-state index is 0.442. The van der Waals surface area contributed by atoms with Crippen molar-refractivity contribution in [2.75, 3.05) is 0 Å². The van der Waals surface area contributed by atoms with Crippen LogP contribution in [0.3, 0.4) is 0 Å². The molecule has 0 bridgehead atoms. The van der Waals surface area contributed by atoms with Gasteiger partial charge < -0.3 is 5.41 Å². The van der Waals surface area contributed by atoms with Gasteiger partial charge in [-0.05, 0) is 64.3 Å². The topological polar surface area (TPSA) is 77.9 Å². The number of nitrogens with one attached hydrogen (secondary N) is 2. The fourth-order valence-corrected chi connectivity index (χ4v) is 2.63. The van der Waals surface area contributed by atoms with E-state index in [4.69, 9.17) is 10.8 Å². The molecule has 3 aromatic rings. The third-order valence-electron chi connectivity index (χ3n) is 4.22. The van der Waals surface area contributed by atoms with Gasteiger partial charge in [0.1, 0.15) is 5.49 Å². The average Bonchev–Trinajstić information content (AvgIpc) is 2.78. The van der Waals surface area contributed by atoms with Crippen LogP contribution < -0.4 is 5.49 Å². The van der Waals surface area contributed by atoms with Crippen molar-refractivity contribution in [3.05, 3.63) is 89.9 Å². The predicted molar refractivity (Wildman–Crippen MR) is 128 cm³/mol. The molecule has 0 aliphatic carbocycles. The van der Waals surface area contributed by atoms with Crippen LogP contribution in [0.25, 0.3) is 11.3 Å². The smallest absolute Gasteiger partial charge is 0.141 e. The molecular formula is C25H31N5. The lowest BCUT2D eigenvalue weighted by molar-refractivity contribution is 0.601. The van der Waals surface area contributed by atoms with Gasteiger partial charge in [-0.25, -0.2) is 4.68 Å². The van der Waals surface area contributed by atoms with Crippen LogP contribution in [-0.4, -0.2) is 22.2 Å². The molecule has 0 aliphatic heterocycles. The highest BCUT2D eigenvalue weighted by atomic mass is 15.3. The maximum Gasteiger partial charge on any atom is 0.141 e. The number of aryl methyl sites for hydroxylation is 3. The molecule has 0 saturated carbocycles. The van der Waals surface area contributed by atoms with Crippen LogP contribution in [-0.2, 0) is 6.54 Å². The molecule has 0 unspecified atom stereocenters. The first-order valence-electron chi connectivity index (χ1n) is 9.73. The average molecular weight is 402 g/mol. The first-order chi connectivity index (χ1) is 14.4. The molecule has 0 amide bonds. The Bertz CT molecular complexity index is 1030. The van der Waals surface area contributed by atoms with Crippen LogP contribution in [0.1, 0.15) is 25.0 Å². The van der Waals surface area contributed by atoms with Gasteiger partial charge in [-0.15, -0.1) is 0 Å². The molecule has 5 heteroatoms. The number of aliphatic imine (C=N–C) groups is 1. The number of aromatic nitrogens is 2. The zero-order chi connectivity index (χ0) is 22.5. The Morgan fingerprint density at radius 1 is 1.07 bits per heavy atom. The van der Waals surface area contributed by atoms with Gasteiger partial charge in [0, 0.05) is 17.8 Å². The van der Waals surface area contributed by atoms with Crippen molar-refractivity contribution < 1.29 is 0 Å². The Hall–Kier alpha value is -3.60. The molecule has 0 aliphatic rings. The van der Waals surface area contributed by atoms with Gasteiger partial charge in [0.25, 0.3) is 0 Å². The van der Waals surface area contributed by atoms with E-state index in [1.54, 1.807) is 16.8 Å². The van der Waals surface area contributed by atoms with E-state index in [1.165, 1.54) is 11.1 Å². The summed E-state index contributed by atoms with van der Waals surface area (Å²) in [6.07, 6.45) is 1.76. The number of rotatable bonds is 4. The monoisotopic (exact) mass is 401 g/mol. The number of allylic oxidation sites excluding steroid dienone is 1. The summed E-state index contributed by atoms with van der Waals surface area (Å²) in [7, 11) is 0. The van der Waals surface area contributed by atoms with Gasteiger partial charge in [-0.3, -0.25) is 10.4 Å². The van der Waals surface area contributed by atoms with E-state index in [-0.39, 0.29) is 0 Å². The van der Waals surface area contributed by atoms with Crippen LogP contribution in [0.5, 0.6) is 0 Å². The molecule has 5 nitrogen and oxygen atoms in total. The van der Waals surface area contributed by atoms with Gasteiger partial charge >= 0.3 is 0 Å². The van der Waals surface area contributed by atoms with Crippen LogP contribution >= 0.6 is 0 Å². The number of hydrogen-bond acceptors (Lipinski definition) is 4. The molecule has 1 heterocycles. The van der Waals surface area contributed by atoms with Crippen molar-refractivity contribution >= 4 is 18.1 Å². The fraction of sp³-hybridized carbons (Fsp3) is 0.200. The fourth-order valence-electron chi connectivity index (χ4n) is 2.63. The molecule has 2 N–H and O–H groups in total. The maximum absolute atomic E-state index is 7.63. The summed E-state index contributed by atoms with van der Waals surface area (Å²) in [6, 6.07) is 19.9. The Labute approximate surface area is 179 Å². The number of hydrogen-bond donors (Lipinski definition) is 2. The van der Waals surface area contributed by atoms with Crippen LogP contribution in [0.2, 0.25) is 0 Å². The van der Waals surface area contributed by atoms with Crippen LogP contribution in [0, 0.1) is 24.7 Å². The molecule has 30 heavy (non-hydrogen) atoms. The molecule has 3 rings (SSSR count). The molecule has 156 valence electrons. The second-order valence-corrected chi connectivity index (χ2v) is 6.53. The highest BCUT2D eigenvalue weighted by Crippen LogP contribution is 2.19. The molecule has 0 spiro atoms. The zero-order valence-corrected chi connectivity index (χ0v) is 18.3. The summed E-state index contributed by atoms with van der Waals surface area (Å²) >= 11 is 0. The standard InChI is InChI=1S/C12H13N3.C12H15N.CH3N/c1-2-15-12(13)9-8-11(14-15)10-6-4-3-5-7-10;1-5-11(4)13-12-7-6-9(2)8-10(12)3;1-2/h3-9,13H,2H2,1H3;5-8H,1H2,2-4H3;2H,1H2. The van der Waals surface area contributed by atoms with E-state index in [1.807, 2.05) is 56.3 Å². The van der Waals surface area contributed by atoms with Crippen molar-refractivity contribution in [1.29, 1.82) is 10.8 Å². The molecular weight excluding hydrogens is 370 g/mol. The Morgan fingerprint density at radius 2 is 1.73 bits per heavy atom. The van der Waals surface area contributed by atoms with Crippen molar-refractivity contribution in [2.45, 2.75) is 34.2 Å². The van der Waals surface area contributed by atoms with Gasteiger partial charge in [-0.1, -0.05) is 54.6 Å². The van der Waals surface area contributed by atoms with E-state index < -0.39 is 0 Å². The minimum Gasteiger partial charge on any atom is -0.317 e. The van der Waals surface area contributed by atoms with Gasteiger partial charge in [0.15, 0.2) is 0 Å². The van der Waals surface area contributed by atoms with E-state index in [0.717, 1.165) is 29.2 Å². The third-order valence-corrected chi connectivity index (χ3v) is 4.22. The quantitative estimate of drug-likeness (QED) is 0.525. The molecule has 0 saturated heterocycles. The van der Waals surface area contributed by atoms with Gasteiger partial charge in [-0.2, -0.15) is 5.10 Å². The Balaban J connectivity index is 0.000000280. The largest absolute Gasteiger partial charge is 0.317 e. The van der Waals surface area contributed by atoms with E-state index >= 15 is 0 Å². The van der Waals surface area contributed by atoms with Crippen molar-refractivity contribution in [3.8, 4) is 11.3 Å². The third kappa shape index (κ3) is 7.43. The van der Waals surface area contributed by atoms with Crippen molar-refractivity contribution in [1.82, 2.24) is 9.78 Å². The molecule has 0 fully saturated rings. The van der Waals surface area contributed by atoms with Crippen molar-refractivity contribution in [3.63, 3.8) is 0 Å². The first kappa shape index (κ1) is 24.4. The zero-order valence-electron chi connectivity index (χ0n) is 18.3. The second-order valence-electron chi connectivity index (χ2n) is 6.53. The maximum atomic E-state index is 7.63. The number of nitrogens with zero attached hydrogens (tertiary/aromatic N) is 3. The number of benzene rings is 2. The summed E-state index contributed by atoms with van der Waals surface area (Å²) in [4.78, 5) is 4.42. The molecule has 0 atom stereocenters. The lowest BCUT2D eigenvalue weighted by atomic mass is 10.1. The highest BCUT2D eigenvalue weighted by Gasteiger charge is 1.99. The first-order valence-corrected chi connectivity index (χ1v) is 9.73. The lowest BCUT2D eigenvalue weighted by Crippen LogP contribution is -2.21. The SMILES string of the molecule is C=CC(C)=Nc1ccc(C)cc1C.C=N.CCn1nc(-c2ccccc2)ccc1=N. The Morgan fingerprint density at radius 3 is 2.30 bits per heavy atom.